The molecule has 0 aliphatic carbocycles. The van der Waals surface area contributed by atoms with E-state index in [4.69, 9.17) is 4.74 Å². The predicted octanol–water partition coefficient (Wildman–Crippen LogP) is 2.93. The van der Waals surface area contributed by atoms with Crippen molar-refractivity contribution in [3.05, 3.63) is 11.4 Å². The van der Waals surface area contributed by atoms with E-state index in [-0.39, 0.29) is 18.1 Å². The maximum atomic E-state index is 12.1. The lowest BCUT2D eigenvalue weighted by Gasteiger charge is -2.17. The molecule has 0 unspecified atom stereocenters. The number of imidazole rings is 1. The molecule has 1 aromatic heterocycles. The van der Waals surface area contributed by atoms with Crippen LogP contribution in [0.1, 0.15) is 45.0 Å². The molecule has 130 valence electrons. The van der Waals surface area contributed by atoms with Gasteiger partial charge in [0.1, 0.15) is 0 Å². The minimum atomic E-state index is 0.0678. The third-order valence-electron chi connectivity index (χ3n) is 4.55. The van der Waals surface area contributed by atoms with Crippen molar-refractivity contribution in [1.82, 2.24) is 14.9 Å². The van der Waals surface area contributed by atoms with E-state index < -0.39 is 0 Å². The molecule has 1 aliphatic rings. The molecule has 2 heterocycles. The maximum Gasteiger partial charge on any atom is 0.230 e. The summed E-state index contributed by atoms with van der Waals surface area (Å²) >= 11 is 1.51. The van der Waals surface area contributed by atoms with Crippen molar-refractivity contribution in [3.8, 4) is 0 Å². The van der Waals surface area contributed by atoms with E-state index in [0.717, 1.165) is 36.8 Å². The van der Waals surface area contributed by atoms with Crippen LogP contribution in [-0.2, 0) is 16.1 Å². The standard InChI is InChI=1S/C17H29N3O2S/c1-11(2)12(3)18-16(21)10-23-17-19-13(4)14(5)20(17)9-15-7-6-8-22-15/h11-12,15H,6-10H2,1-5H3,(H,18,21)/t12-,15-/m1/s1. The third kappa shape index (κ3) is 4.98. The average Bonchev–Trinajstić information content (AvgIpc) is 3.09. The Balaban J connectivity index is 1.96. The summed E-state index contributed by atoms with van der Waals surface area (Å²) in [4.78, 5) is 16.7. The van der Waals surface area contributed by atoms with Crippen LogP contribution in [0.4, 0.5) is 0 Å². The second-order valence-corrected chi connectivity index (χ2v) is 7.64. The van der Waals surface area contributed by atoms with E-state index in [1.165, 1.54) is 17.5 Å². The van der Waals surface area contributed by atoms with E-state index in [9.17, 15) is 4.79 Å². The van der Waals surface area contributed by atoms with Gasteiger partial charge in [0.05, 0.1) is 24.1 Å². The van der Waals surface area contributed by atoms with Crippen molar-refractivity contribution in [2.45, 2.75) is 71.3 Å². The summed E-state index contributed by atoms with van der Waals surface area (Å²) in [6, 6.07) is 0.193. The summed E-state index contributed by atoms with van der Waals surface area (Å²) in [5.41, 5.74) is 2.19. The Hall–Kier alpha value is -1.01. The molecule has 0 radical (unpaired) electrons. The van der Waals surface area contributed by atoms with E-state index in [1.54, 1.807) is 0 Å². The second-order valence-electron chi connectivity index (χ2n) is 6.70. The number of carbonyl (C=O) groups excluding carboxylic acids is 1. The first kappa shape index (κ1) is 18.3. The fraction of sp³-hybridized carbons (Fsp3) is 0.765. The first-order valence-corrected chi connectivity index (χ1v) is 9.44. The fourth-order valence-corrected chi connectivity index (χ4v) is 3.45. The first-order valence-electron chi connectivity index (χ1n) is 8.46. The molecule has 0 spiro atoms. The highest BCUT2D eigenvalue weighted by atomic mass is 32.2. The van der Waals surface area contributed by atoms with Crippen LogP contribution in [0.3, 0.4) is 0 Å². The Labute approximate surface area is 143 Å². The van der Waals surface area contributed by atoms with Crippen LogP contribution in [0, 0.1) is 19.8 Å². The van der Waals surface area contributed by atoms with Gasteiger partial charge < -0.3 is 14.6 Å². The number of nitrogens with one attached hydrogen (secondary N) is 1. The van der Waals surface area contributed by atoms with Crippen molar-refractivity contribution >= 4 is 17.7 Å². The van der Waals surface area contributed by atoms with Crippen LogP contribution in [0.2, 0.25) is 0 Å². The molecule has 5 nitrogen and oxygen atoms in total. The van der Waals surface area contributed by atoms with E-state index >= 15 is 0 Å². The molecular weight excluding hydrogens is 310 g/mol. The van der Waals surface area contributed by atoms with Crippen molar-refractivity contribution in [2.24, 2.45) is 5.92 Å². The zero-order valence-electron chi connectivity index (χ0n) is 14.9. The van der Waals surface area contributed by atoms with Gasteiger partial charge in [-0.15, -0.1) is 0 Å². The highest BCUT2D eigenvalue weighted by molar-refractivity contribution is 7.99. The molecule has 0 saturated carbocycles. The molecule has 1 fully saturated rings. The van der Waals surface area contributed by atoms with Crippen molar-refractivity contribution < 1.29 is 9.53 Å². The predicted molar refractivity (Wildman–Crippen MR) is 93.8 cm³/mol. The summed E-state index contributed by atoms with van der Waals surface area (Å²) in [7, 11) is 0. The zero-order valence-corrected chi connectivity index (χ0v) is 15.7. The Kier molecular flexibility index (Phi) is 6.53. The van der Waals surface area contributed by atoms with Crippen molar-refractivity contribution in [2.75, 3.05) is 12.4 Å². The number of hydrogen-bond acceptors (Lipinski definition) is 4. The lowest BCUT2D eigenvalue weighted by Crippen LogP contribution is -2.37. The molecule has 0 bridgehead atoms. The molecule has 2 rings (SSSR count). The molecular formula is C17H29N3O2S. The monoisotopic (exact) mass is 339 g/mol. The summed E-state index contributed by atoms with van der Waals surface area (Å²) in [6.07, 6.45) is 2.51. The highest BCUT2D eigenvalue weighted by Crippen LogP contribution is 2.24. The molecule has 1 N–H and O–H groups in total. The van der Waals surface area contributed by atoms with E-state index in [2.05, 4.69) is 35.6 Å². The minimum absolute atomic E-state index is 0.0678. The number of rotatable bonds is 7. The van der Waals surface area contributed by atoms with Crippen molar-refractivity contribution in [3.63, 3.8) is 0 Å². The van der Waals surface area contributed by atoms with Gasteiger partial charge in [-0.2, -0.15) is 0 Å². The molecule has 0 aromatic carbocycles. The van der Waals surface area contributed by atoms with Crippen LogP contribution in [0.5, 0.6) is 0 Å². The van der Waals surface area contributed by atoms with Crippen LogP contribution in [-0.4, -0.2) is 40.0 Å². The largest absolute Gasteiger partial charge is 0.376 e. The number of ether oxygens (including phenoxy) is 1. The van der Waals surface area contributed by atoms with Crippen LogP contribution >= 0.6 is 11.8 Å². The second kappa shape index (κ2) is 8.20. The highest BCUT2D eigenvalue weighted by Gasteiger charge is 2.21. The van der Waals surface area contributed by atoms with Gasteiger partial charge in [0.25, 0.3) is 0 Å². The van der Waals surface area contributed by atoms with Gasteiger partial charge >= 0.3 is 0 Å². The summed E-state index contributed by atoms with van der Waals surface area (Å²) in [5, 5.41) is 3.96. The Morgan fingerprint density at radius 1 is 1.43 bits per heavy atom. The topological polar surface area (TPSA) is 56.2 Å². The molecule has 1 aliphatic heterocycles. The average molecular weight is 340 g/mol. The summed E-state index contributed by atoms with van der Waals surface area (Å²) in [5.74, 6) is 0.909. The molecule has 1 aromatic rings. The Bertz CT molecular complexity index is 536. The van der Waals surface area contributed by atoms with E-state index in [0.29, 0.717) is 11.7 Å². The van der Waals surface area contributed by atoms with Crippen LogP contribution in [0.25, 0.3) is 0 Å². The maximum absolute atomic E-state index is 12.1. The van der Waals surface area contributed by atoms with Crippen molar-refractivity contribution in [1.29, 1.82) is 0 Å². The lowest BCUT2D eigenvalue weighted by atomic mass is 10.1. The number of thioether (sulfide) groups is 1. The number of hydrogen-bond donors (Lipinski definition) is 1. The van der Waals surface area contributed by atoms with Gasteiger partial charge in [-0.3, -0.25) is 4.79 Å². The number of aromatic nitrogens is 2. The summed E-state index contributed by atoms with van der Waals surface area (Å²) in [6.45, 7) is 12.1. The number of carbonyl (C=O) groups is 1. The van der Waals surface area contributed by atoms with Gasteiger partial charge in [0.15, 0.2) is 5.16 Å². The molecule has 6 heteroatoms. The lowest BCUT2D eigenvalue weighted by molar-refractivity contribution is -0.119. The SMILES string of the molecule is Cc1nc(SCC(=O)N[C@H](C)C(C)C)n(C[C@H]2CCCO2)c1C. The van der Waals surface area contributed by atoms with Gasteiger partial charge in [0, 0.05) is 18.3 Å². The Morgan fingerprint density at radius 2 is 2.17 bits per heavy atom. The number of amides is 1. The number of nitrogens with zero attached hydrogens (tertiary/aromatic N) is 2. The minimum Gasteiger partial charge on any atom is -0.376 e. The van der Waals surface area contributed by atoms with E-state index in [1.807, 2.05) is 13.8 Å². The van der Waals surface area contributed by atoms with Gasteiger partial charge in [-0.1, -0.05) is 25.6 Å². The zero-order chi connectivity index (χ0) is 17.0. The van der Waals surface area contributed by atoms with Crippen LogP contribution < -0.4 is 5.32 Å². The third-order valence-corrected chi connectivity index (χ3v) is 5.53. The van der Waals surface area contributed by atoms with Gasteiger partial charge in [-0.05, 0) is 39.5 Å². The summed E-state index contributed by atoms with van der Waals surface area (Å²) < 4.78 is 7.95. The first-order chi connectivity index (χ1) is 10.9. The molecule has 1 saturated heterocycles. The van der Waals surface area contributed by atoms with Gasteiger partial charge in [-0.25, -0.2) is 4.98 Å². The fourth-order valence-electron chi connectivity index (χ4n) is 2.53. The normalized spacial score (nSPS) is 19.3. The Morgan fingerprint density at radius 3 is 2.78 bits per heavy atom. The molecule has 2 atom stereocenters. The van der Waals surface area contributed by atoms with Gasteiger partial charge in [0.2, 0.25) is 5.91 Å². The number of aryl methyl sites for hydroxylation is 1. The smallest absolute Gasteiger partial charge is 0.230 e. The molecule has 1 amide bonds. The molecule has 23 heavy (non-hydrogen) atoms. The quantitative estimate of drug-likeness (QED) is 0.776. The van der Waals surface area contributed by atoms with Crippen LogP contribution in [0.15, 0.2) is 5.16 Å².